The molecule has 1 aliphatic carbocycles. The lowest BCUT2D eigenvalue weighted by molar-refractivity contribution is 0.340. The summed E-state index contributed by atoms with van der Waals surface area (Å²) in [6.45, 7) is 0. The van der Waals surface area contributed by atoms with Crippen LogP contribution in [0.4, 0.5) is 11.4 Å². The van der Waals surface area contributed by atoms with Gasteiger partial charge in [0.1, 0.15) is 11.8 Å². The Labute approximate surface area is 217 Å². The van der Waals surface area contributed by atoms with E-state index in [2.05, 4.69) is 42.8 Å². The summed E-state index contributed by atoms with van der Waals surface area (Å²) in [4.78, 5) is 6.75. The van der Waals surface area contributed by atoms with E-state index in [1.807, 2.05) is 30.3 Å². The van der Waals surface area contributed by atoms with Gasteiger partial charge >= 0.3 is 0 Å². The molecule has 10 heteroatoms. The lowest BCUT2D eigenvalue weighted by Gasteiger charge is -2.32. The van der Waals surface area contributed by atoms with Crippen LogP contribution in [0.2, 0.25) is 0 Å². The van der Waals surface area contributed by atoms with E-state index in [-0.39, 0.29) is 12.1 Å². The number of hydrogen-bond donors (Lipinski definition) is 2. The van der Waals surface area contributed by atoms with E-state index in [9.17, 15) is 8.42 Å². The molecule has 1 saturated carbocycles. The number of methoxy groups -OCH3 is 1. The molecule has 2 aliphatic rings. The first kappa shape index (κ1) is 24.6. The summed E-state index contributed by atoms with van der Waals surface area (Å²) in [7, 11) is -1.93. The maximum absolute atomic E-state index is 11.8. The largest absolute Gasteiger partial charge is 0.494 e. The number of sulfonamides is 1. The van der Waals surface area contributed by atoms with Crippen LogP contribution >= 0.6 is 12.2 Å². The number of anilines is 2. The van der Waals surface area contributed by atoms with Crippen molar-refractivity contribution < 1.29 is 13.2 Å². The second-order valence-electron chi connectivity index (χ2n) is 9.39. The molecule has 2 atom stereocenters. The normalized spacial score (nSPS) is 20.8. The van der Waals surface area contributed by atoms with Crippen molar-refractivity contribution >= 4 is 38.7 Å². The zero-order valence-electron chi connectivity index (χ0n) is 20.4. The summed E-state index contributed by atoms with van der Waals surface area (Å²) in [5.74, 6) is 0.420. The summed E-state index contributed by atoms with van der Waals surface area (Å²) < 4.78 is 34.2. The Hall–Kier alpha value is -3.11. The predicted octanol–water partition coefficient (Wildman–Crippen LogP) is 4.95. The smallest absolute Gasteiger partial charge is 0.229 e. The Balaban J connectivity index is 1.60. The average Bonchev–Trinajstić information content (AvgIpc) is 3.49. The molecule has 2 N–H and O–H groups in total. The highest BCUT2D eigenvalue weighted by molar-refractivity contribution is 7.92. The molecule has 5 rings (SSSR count). The van der Waals surface area contributed by atoms with Crippen LogP contribution in [0.5, 0.6) is 5.75 Å². The molecule has 1 aromatic carbocycles. The SMILES string of the molecule is COc1cc(N2C(=S)N[C@@H](c3ccccn3)[C@@H]2c2cccn2C2CCCCC2)ccc1NS(C)(=O)=O. The number of ether oxygens (including phenoxy) is 1. The van der Waals surface area contributed by atoms with Crippen molar-refractivity contribution in [1.29, 1.82) is 0 Å². The molecular weight excluding hydrogens is 494 g/mol. The number of pyridine rings is 1. The lowest BCUT2D eigenvalue weighted by Crippen LogP contribution is -2.31. The van der Waals surface area contributed by atoms with Gasteiger partial charge in [-0.15, -0.1) is 0 Å². The van der Waals surface area contributed by atoms with Gasteiger partial charge in [0.05, 0.1) is 30.8 Å². The van der Waals surface area contributed by atoms with E-state index in [0.29, 0.717) is 22.6 Å². The molecule has 1 aliphatic heterocycles. The third-order valence-corrected chi connectivity index (χ3v) is 7.84. The fourth-order valence-corrected chi connectivity index (χ4v) is 6.31. The van der Waals surface area contributed by atoms with Crippen molar-refractivity contribution in [2.45, 2.75) is 50.2 Å². The van der Waals surface area contributed by atoms with Crippen LogP contribution in [0.25, 0.3) is 0 Å². The molecule has 2 fully saturated rings. The van der Waals surface area contributed by atoms with Crippen LogP contribution in [0, 0.1) is 0 Å². The first-order valence-electron chi connectivity index (χ1n) is 12.2. The van der Waals surface area contributed by atoms with Gasteiger partial charge in [0.15, 0.2) is 5.11 Å². The molecule has 0 bridgehead atoms. The zero-order chi connectivity index (χ0) is 25.3. The molecule has 36 heavy (non-hydrogen) atoms. The molecule has 1 saturated heterocycles. The highest BCUT2D eigenvalue weighted by Gasteiger charge is 2.42. The van der Waals surface area contributed by atoms with Gasteiger partial charge in [-0.1, -0.05) is 25.3 Å². The fourth-order valence-electron chi connectivity index (χ4n) is 5.40. The lowest BCUT2D eigenvalue weighted by atomic mass is 9.94. The monoisotopic (exact) mass is 525 g/mol. The number of aromatic nitrogens is 2. The van der Waals surface area contributed by atoms with E-state index in [1.165, 1.54) is 44.9 Å². The van der Waals surface area contributed by atoms with Gasteiger partial charge in [0.2, 0.25) is 10.0 Å². The fraction of sp³-hybridized carbons (Fsp3) is 0.385. The quantitative estimate of drug-likeness (QED) is 0.422. The van der Waals surface area contributed by atoms with Crippen LogP contribution in [-0.4, -0.2) is 36.4 Å². The topological polar surface area (TPSA) is 88.5 Å². The number of benzene rings is 1. The molecule has 3 aromatic rings. The van der Waals surface area contributed by atoms with E-state index < -0.39 is 10.0 Å². The molecule has 0 radical (unpaired) electrons. The third-order valence-electron chi connectivity index (χ3n) is 6.94. The van der Waals surface area contributed by atoms with E-state index >= 15 is 0 Å². The molecule has 2 aromatic heterocycles. The highest BCUT2D eigenvalue weighted by Crippen LogP contribution is 2.44. The summed E-state index contributed by atoms with van der Waals surface area (Å²) >= 11 is 5.88. The van der Waals surface area contributed by atoms with Gasteiger partial charge in [0.25, 0.3) is 0 Å². The predicted molar refractivity (Wildman–Crippen MR) is 146 cm³/mol. The molecular formula is C26H31N5O3S2. The standard InChI is InChI=1S/C26H31N5O3S2/c1-34-23-17-19(13-14-20(23)29-36(2,32)33)31-25(24(28-26(31)35)21-11-6-7-15-27-21)22-12-8-16-30(22)18-9-4-3-5-10-18/h6-8,11-18,24-25,29H,3-5,9-10H2,1-2H3,(H,28,35)/t24-,25-/m0/s1. The first-order valence-corrected chi connectivity index (χ1v) is 14.5. The Morgan fingerprint density at radius 2 is 1.92 bits per heavy atom. The minimum atomic E-state index is -3.45. The van der Waals surface area contributed by atoms with Gasteiger partial charge in [-0.05, 0) is 61.5 Å². The summed E-state index contributed by atoms with van der Waals surface area (Å²) in [6.07, 6.45) is 11.2. The Kier molecular flexibility index (Phi) is 6.90. The van der Waals surface area contributed by atoms with Gasteiger partial charge in [0, 0.05) is 35.9 Å². The zero-order valence-corrected chi connectivity index (χ0v) is 22.1. The second-order valence-corrected chi connectivity index (χ2v) is 11.5. The number of rotatable bonds is 7. The van der Waals surface area contributed by atoms with Gasteiger partial charge in [-0.25, -0.2) is 8.42 Å². The minimum absolute atomic E-state index is 0.150. The third kappa shape index (κ3) is 4.92. The van der Waals surface area contributed by atoms with Crippen molar-refractivity contribution in [2.24, 2.45) is 0 Å². The maximum atomic E-state index is 11.8. The molecule has 190 valence electrons. The van der Waals surface area contributed by atoms with Crippen LogP contribution in [0.1, 0.15) is 61.6 Å². The average molecular weight is 526 g/mol. The minimum Gasteiger partial charge on any atom is -0.494 e. The number of thiocarbonyl (C=S) groups is 1. The van der Waals surface area contributed by atoms with Crippen LogP contribution < -0.4 is 19.7 Å². The van der Waals surface area contributed by atoms with Crippen molar-refractivity contribution in [2.75, 3.05) is 23.0 Å². The van der Waals surface area contributed by atoms with Gasteiger partial charge < -0.3 is 19.5 Å². The first-order chi connectivity index (χ1) is 17.4. The summed E-state index contributed by atoms with van der Waals surface area (Å²) in [5.41, 5.74) is 3.27. The summed E-state index contributed by atoms with van der Waals surface area (Å²) in [6, 6.07) is 15.8. The van der Waals surface area contributed by atoms with Crippen molar-refractivity contribution in [3.05, 3.63) is 72.3 Å². The van der Waals surface area contributed by atoms with E-state index in [1.54, 1.807) is 12.3 Å². The molecule has 0 unspecified atom stereocenters. The number of hydrogen-bond acceptors (Lipinski definition) is 5. The molecule has 0 amide bonds. The molecule has 8 nitrogen and oxygen atoms in total. The Morgan fingerprint density at radius 1 is 1.11 bits per heavy atom. The van der Waals surface area contributed by atoms with Crippen molar-refractivity contribution in [3.8, 4) is 5.75 Å². The van der Waals surface area contributed by atoms with Crippen LogP contribution in [0.3, 0.4) is 0 Å². The van der Waals surface area contributed by atoms with E-state index in [0.717, 1.165) is 17.6 Å². The van der Waals surface area contributed by atoms with Crippen molar-refractivity contribution in [3.63, 3.8) is 0 Å². The van der Waals surface area contributed by atoms with Gasteiger partial charge in [-0.3, -0.25) is 9.71 Å². The number of nitrogens with zero attached hydrogens (tertiary/aromatic N) is 3. The van der Waals surface area contributed by atoms with Crippen LogP contribution in [-0.2, 0) is 10.0 Å². The molecule has 0 spiro atoms. The van der Waals surface area contributed by atoms with E-state index in [4.69, 9.17) is 17.0 Å². The molecule has 3 heterocycles. The van der Waals surface area contributed by atoms with Crippen LogP contribution in [0.15, 0.2) is 60.9 Å². The highest BCUT2D eigenvalue weighted by atomic mass is 32.2. The Bertz CT molecular complexity index is 1340. The number of nitrogens with one attached hydrogen (secondary N) is 2. The van der Waals surface area contributed by atoms with Gasteiger partial charge in [-0.2, -0.15) is 0 Å². The second kappa shape index (κ2) is 10.1. The maximum Gasteiger partial charge on any atom is 0.229 e. The summed E-state index contributed by atoms with van der Waals surface area (Å²) in [5, 5.41) is 4.09. The van der Waals surface area contributed by atoms with Crippen molar-refractivity contribution in [1.82, 2.24) is 14.9 Å². The Morgan fingerprint density at radius 3 is 2.61 bits per heavy atom.